The van der Waals surface area contributed by atoms with Gasteiger partial charge in [0.1, 0.15) is 17.6 Å². The highest BCUT2D eigenvalue weighted by Crippen LogP contribution is 2.30. The first kappa shape index (κ1) is 24.8. The van der Waals surface area contributed by atoms with Crippen molar-refractivity contribution in [3.8, 4) is 5.75 Å². The van der Waals surface area contributed by atoms with Crippen molar-refractivity contribution in [1.82, 2.24) is 10.3 Å². The molecule has 2 aromatic carbocycles. The number of carboxylic acid groups (broad SMARTS) is 1. The van der Waals surface area contributed by atoms with E-state index >= 15 is 0 Å². The van der Waals surface area contributed by atoms with Crippen LogP contribution in [0.2, 0.25) is 10.0 Å². The zero-order chi connectivity index (χ0) is 24.8. The van der Waals surface area contributed by atoms with Crippen LogP contribution in [0.4, 0.5) is 5.82 Å². The van der Waals surface area contributed by atoms with Crippen LogP contribution in [0, 0.1) is 5.92 Å². The summed E-state index contributed by atoms with van der Waals surface area (Å²) in [6, 6.07) is 17.0. The normalized spacial score (nSPS) is 17.7. The van der Waals surface area contributed by atoms with Crippen LogP contribution < -0.4 is 15.4 Å². The largest absolute Gasteiger partial charge is 0.493 e. The number of nitrogens with zero attached hydrogens (tertiary/aromatic N) is 1. The number of ether oxygens (including phenoxy) is 1. The first-order chi connectivity index (χ1) is 16.9. The maximum atomic E-state index is 12.6. The number of hydrogen-bond donors (Lipinski definition) is 3. The molecule has 1 aliphatic rings. The summed E-state index contributed by atoms with van der Waals surface area (Å²) >= 11 is 12.1. The second-order valence-corrected chi connectivity index (χ2v) is 9.33. The molecular formula is C26H25Cl2N3O4. The average Bonchev–Trinajstić information content (AvgIpc) is 2.81. The molecule has 0 radical (unpaired) electrons. The Bertz CT molecular complexity index is 1150. The van der Waals surface area contributed by atoms with Crippen LogP contribution in [0.25, 0.3) is 0 Å². The summed E-state index contributed by atoms with van der Waals surface area (Å²) < 4.78 is 5.91. The molecule has 182 valence electrons. The molecule has 0 spiro atoms. The van der Waals surface area contributed by atoms with Crippen LogP contribution in [0.15, 0.2) is 66.9 Å². The lowest BCUT2D eigenvalue weighted by Gasteiger charge is -2.35. The third-order valence-electron chi connectivity index (χ3n) is 5.89. The van der Waals surface area contributed by atoms with Crippen LogP contribution >= 0.6 is 23.2 Å². The average molecular weight is 514 g/mol. The molecule has 0 saturated heterocycles. The summed E-state index contributed by atoms with van der Waals surface area (Å²) in [6.07, 6.45) is 3.91. The number of halogens is 2. The molecule has 0 aliphatic heterocycles. The number of hydrogen-bond acceptors (Lipinski definition) is 5. The molecule has 7 nitrogen and oxygen atoms in total. The maximum absolute atomic E-state index is 12.6. The Morgan fingerprint density at radius 1 is 1.03 bits per heavy atom. The topological polar surface area (TPSA) is 101 Å². The molecule has 3 aromatic rings. The van der Waals surface area contributed by atoms with Gasteiger partial charge in [-0.25, -0.2) is 9.78 Å². The number of carbonyl (C=O) groups is 2. The zero-order valence-electron chi connectivity index (χ0n) is 18.8. The molecule has 1 amide bonds. The highest BCUT2D eigenvalue weighted by Gasteiger charge is 2.30. The molecule has 1 fully saturated rings. The Balaban J connectivity index is 1.25. The van der Waals surface area contributed by atoms with Crippen molar-refractivity contribution in [3.63, 3.8) is 0 Å². The number of amides is 1. The summed E-state index contributed by atoms with van der Waals surface area (Å²) in [6.45, 7) is 0.617. The summed E-state index contributed by atoms with van der Waals surface area (Å²) in [5.41, 5.74) is 0.804. The lowest BCUT2D eigenvalue weighted by molar-refractivity contribution is -0.139. The van der Waals surface area contributed by atoms with Gasteiger partial charge < -0.3 is 20.5 Å². The molecule has 9 heteroatoms. The van der Waals surface area contributed by atoms with Crippen molar-refractivity contribution in [2.75, 3.05) is 11.9 Å². The second-order valence-electron chi connectivity index (χ2n) is 8.51. The number of pyridine rings is 1. The van der Waals surface area contributed by atoms with Crippen molar-refractivity contribution in [1.29, 1.82) is 0 Å². The fraction of sp³-hybridized carbons (Fsp3) is 0.269. The lowest BCUT2D eigenvalue weighted by atomic mass is 9.81. The Labute approximate surface area is 213 Å². The number of nitrogens with one attached hydrogen (secondary N) is 2. The minimum Gasteiger partial charge on any atom is -0.493 e. The maximum Gasteiger partial charge on any atom is 0.326 e. The Kier molecular flexibility index (Phi) is 8.10. The van der Waals surface area contributed by atoms with Gasteiger partial charge in [-0.15, -0.1) is 0 Å². The number of rotatable bonds is 10. The Morgan fingerprint density at radius 2 is 1.74 bits per heavy atom. The van der Waals surface area contributed by atoms with E-state index in [-0.39, 0.29) is 22.0 Å². The molecule has 1 aromatic heterocycles. The molecule has 35 heavy (non-hydrogen) atoms. The van der Waals surface area contributed by atoms with Gasteiger partial charge in [0.15, 0.2) is 0 Å². The van der Waals surface area contributed by atoms with E-state index in [2.05, 4.69) is 15.6 Å². The van der Waals surface area contributed by atoms with Crippen LogP contribution in [-0.2, 0) is 11.2 Å². The second kappa shape index (κ2) is 11.4. The summed E-state index contributed by atoms with van der Waals surface area (Å²) in [5.74, 6) is 0.288. The van der Waals surface area contributed by atoms with Gasteiger partial charge in [-0.2, -0.15) is 0 Å². The SMILES string of the molecule is O=C(N[C@H](Cc1ccc(OCC2CC(Nc3ccccn3)C2)cc1)C(=O)O)c1c(Cl)cccc1Cl. The summed E-state index contributed by atoms with van der Waals surface area (Å²) in [7, 11) is 0. The van der Waals surface area contributed by atoms with Gasteiger partial charge in [0.2, 0.25) is 0 Å². The minimum atomic E-state index is -1.15. The van der Waals surface area contributed by atoms with Crippen molar-refractivity contribution in [3.05, 3.63) is 88.0 Å². The van der Waals surface area contributed by atoms with Gasteiger partial charge in [0, 0.05) is 18.7 Å². The van der Waals surface area contributed by atoms with Crippen LogP contribution in [0.1, 0.15) is 28.8 Å². The first-order valence-corrected chi connectivity index (χ1v) is 12.0. The third kappa shape index (κ3) is 6.65. The molecule has 1 aliphatic carbocycles. The van der Waals surface area contributed by atoms with Gasteiger partial charge in [-0.05, 0) is 60.7 Å². The monoisotopic (exact) mass is 513 g/mol. The predicted molar refractivity (Wildman–Crippen MR) is 135 cm³/mol. The van der Waals surface area contributed by atoms with Crippen LogP contribution in [0.5, 0.6) is 5.75 Å². The van der Waals surface area contributed by atoms with E-state index in [9.17, 15) is 14.7 Å². The molecule has 0 bridgehead atoms. The minimum absolute atomic E-state index is 0.0549. The fourth-order valence-corrected chi connectivity index (χ4v) is 4.53. The number of aromatic nitrogens is 1. The molecule has 3 N–H and O–H groups in total. The van der Waals surface area contributed by atoms with Crippen molar-refractivity contribution < 1.29 is 19.4 Å². The Hall–Kier alpha value is -3.29. The molecule has 0 unspecified atom stereocenters. The first-order valence-electron chi connectivity index (χ1n) is 11.3. The smallest absolute Gasteiger partial charge is 0.326 e. The van der Waals surface area contributed by atoms with Gasteiger partial charge in [-0.3, -0.25) is 4.79 Å². The van der Waals surface area contributed by atoms with Crippen molar-refractivity contribution >= 4 is 40.9 Å². The van der Waals surface area contributed by atoms with Crippen LogP contribution in [0.3, 0.4) is 0 Å². The van der Waals surface area contributed by atoms with E-state index in [0.29, 0.717) is 24.3 Å². The van der Waals surface area contributed by atoms with Crippen molar-refractivity contribution in [2.45, 2.75) is 31.3 Å². The number of carboxylic acids is 1. The molecule has 1 heterocycles. The molecule has 1 atom stereocenters. The third-order valence-corrected chi connectivity index (χ3v) is 6.52. The number of aliphatic carboxylic acids is 1. The summed E-state index contributed by atoms with van der Waals surface area (Å²) in [5, 5.41) is 15.8. The van der Waals surface area contributed by atoms with Crippen molar-refractivity contribution in [2.24, 2.45) is 5.92 Å². The quantitative estimate of drug-likeness (QED) is 0.349. The van der Waals surface area contributed by atoms with Gasteiger partial charge in [0.25, 0.3) is 5.91 Å². The highest BCUT2D eigenvalue weighted by molar-refractivity contribution is 6.39. The number of carbonyl (C=O) groups excluding carboxylic acids is 1. The van der Waals surface area contributed by atoms with E-state index in [0.717, 1.165) is 24.2 Å². The van der Waals surface area contributed by atoms with Gasteiger partial charge in [0.05, 0.1) is 22.2 Å². The fourth-order valence-electron chi connectivity index (χ4n) is 3.96. The lowest BCUT2D eigenvalue weighted by Crippen LogP contribution is -2.42. The highest BCUT2D eigenvalue weighted by atomic mass is 35.5. The zero-order valence-corrected chi connectivity index (χ0v) is 20.3. The van der Waals surface area contributed by atoms with Crippen LogP contribution in [-0.4, -0.2) is 40.7 Å². The number of benzene rings is 2. The number of anilines is 1. The van der Waals surface area contributed by atoms with E-state index in [1.165, 1.54) is 12.1 Å². The van der Waals surface area contributed by atoms with Gasteiger partial charge >= 0.3 is 5.97 Å². The molecule has 4 rings (SSSR count). The summed E-state index contributed by atoms with van der Waals surface area (Å²) in [4.78, 5) is 28.6. The van der Waals surface area contributed by atoms with E-state index in [1.807, 2.05) is 30.3 Å². The Morgan fingerprint density at radius 3 is 2.37 bits per heavy atom. The van der Waals surface area contributed by atoms with E-state index < -0.39 is 17.9 Å². The van der Waals surface area contributed by atoms with Gasteiger partial charge in [-0.1, -0.05) is 47.5 Å². The standard InChI is InChI=1S/C26H25Cl2N3O4/c27-20-4-3-5-21(28)24(20)25(32)31-22(26(33)34)14-16-7-9-19(10-8-16)35-15-17-12-18(13-17)30-23-6-1-2-11-29-23/h1-11,17-18,22H,12-15H2,(H,29,30)(H,31,32)(H,33,34)/t17?,18?,22-/m1/s1. The predicted octanol–water partition coefficient (Wildman–Crippen LogP) is 5.08. The molecule has 1 saturated carbocycles. The van der Waals surface area contributed by atoms with E-state index in [4.69, 9.17) is 27.9 Å². The van der Waals surface area contributed by atoms with E-state index in [1.54, 1.807) is 24.4 Å². The molecular weight excluding hydrogens is 489 g/mol.